The highest BCUT2D eigenvalue weighted by molar-refractivity contribution is 7.91. The molecule has 0 saturated heterocycles. The van der Waals surface area contributed by atoms with Crippen LogP contribution in [0.1, 0.15) is 6.92 Å². The van der Waals surface area contributed by atoms with E-state index in [-0.39, 0.29) is 27.2 Å². The van der Waals surface area contributed by atoms with E-state index in [1.54, 1.807) is 6.92 Å². The molecule has 0 bridgehead atoms. The maximum Gasteiger partial charge on any atom is 0.178 e. The smallest absolute Gasteiger partial charge is 0.178 e. The lowest BCUT2D eigenvalue weighted by Gasteiger charge is -2.09. The third kappa shape index (κ3) is 3.29. The summed E-state index contributed by atoms with van der Waals surface area (Å²) in [6, 6.07) is 10.5. The van der Waals surface area contributed by atoms with E-state index in [4.69, 9.17) is 16.3 Å². The Labute approximate surface area is 121 Å². The topological polar surface area (TPSA) is 43.4 Å². The van der Waals surface area contributed by atoms with E-state index in [0.29, 0.717) is 0 Å². The fraction of sp³-hybridized carbons (Fsp3) is 0.143. The van der Waals surface area contributed by atoms with Crippen molar-refractivity contribution >= 4 is 21.4 Å². The third-order valence-corrected chi connectivity index (χ3v) is 4.62. The van der Waals surface area contributed by atoms with Gasteiger partial charge < -0.3 is 4.74 Å². The Kier molecular flexibility index (Phi) is 4.30. The Hall–Kier alpha value is -1.59. The van der Waals surface area contributed by atoms with E-state index in [0.717, 1.165) is 0 Å². The van der Waals surface area contributed by atoms with Crippen molar-refractivity contribution in [3.8, 4) is 11.5 Å². The number of halogens is 2. The molecule has 105 valence electrons. The predicted octanol–water partition coefficient (Wildman–Crippen LogP) is 3.87. The molecule has 20 heavy (non-hydrogen) atoms. The normalized spacial score (nSPS) is 11.3. The molecule has 6 heteroatoms. The van der Waals surface area contributed by atoms with E-state index in [9.17, 15) is 12.8 Å². The van der Waals surface area contributed by atoms with Crippen molar-refractivity contribution in [2.24, 2.45) is 0 Å². The minimum Gasteiger partial charge on any atom is -0.456 e. The van der Waals surface area contributed by atoms with Gasteiger partial charge in [0.1, 0.15) is 17.3 Å². The van der Waals surface area contributed by atoms with E-state index >= 15 is 0 Å². The summed E-state index contributed by atoms with van der Waals surface area (Å²) in [5, 5.41) is 0.142. The molecule has 0 aromatic heterocycles. The van der Waals surface area contributed by atoms with E-state index in [1.807, 2.05) is 0 Å². The van der Waals surface area contributed by atoms with Gasteiger partial charge in [0.15, 0.2) is 9.84 Å². The first-order valence-electron chi connectivity index (χ1n) is 5.79. The second kappa shape index (κ2) is 5.81. The monoisotopic (exact) mass is 313 g/mol. The summed E-state index contributed by atoms with van der Waals surface area (Å²) in [5.74, 6) is -0.00918. The Bertz CT molecular complexity index is 729. The maximum absolute atomic E-state index is 13.0. The van der Waals surface area contributed by atoms with Gasteiger partial charge in [-0.1, -0.05) is 18.5 Å². The van der Waals surface area contributed by atoms with Crippen LogP contribution in [-0.2, 0) is 9.84 Å². The lowest BCUT2D eigenvalue weighted by atomic mass is 10.3. The number of hydrogen-bond acceptors (Lipinski definition) is 3. The molecular weight excluding hydrogens is 303 g/mol. The summed E-state index contributed by atoms with van der Waals surface area (Å²) in [6.07, 6.45) is 0. The van der Waals surface area contributed by atoms with Crippen LogP contribution in [0.25, 0.3) is 0 Å². The summed E-state index contributed by atoms with van der Waals surface area (Å²) in [4.78, 5) is 0.128. The van der Waals surface area contributed by atoms with Crippen LogP contribution in [0.5, 0.6) is 11.5 Å². The lowest BCUT2D eigenvalue weighted by Crippen LogP contribution is -2.03. The zero-order valence-corrected chi connectivity index (χ0v) is 12.1. The highest BCUT2D eigenvalue weighted by atomic mass is 35.5. The quantitative estimate of drug-likeness (QED) is 0.860. The van der Waals surface area contributed by atoms with Crippen LogP contribution in [-0.4, -0.2) is 14.2 Å². The summed E-state index contributed by atoms with van der Waals surface area (Å²) >= 11 is 5.99. The SMILES string of the molecule is CCS(=O)(=O)c1ccc(Oc2c[c]cc(F)c2)c(Cl)c1. The standard InChI is InChI=1S/C14H11ClFO3S/c1-2-20(17,18)12-6-7-14(13(15)9-12)19-11-5-3-4-10(16)8-11/h4-9H,2H2,1H3. The van der Waals surface area contributed by atoms with Crippen molar-refractivity contribution in [3.05, 3.63) is 53.3 Å². The average Bonchev–Trinajstić information content (AvgIpc) is 2.41. The minimum absolute atomic E-state index is 0.0115. The van der Waals surface area contributed by atoms with Gasteiger partial charge in [-0.15, -0.1) is 0 Å². The van der Waals surface area contributed by atoms with E-state index < -0.39 is 15.7 Å². The lowest BCUT2D eigenvalue weighted by molar-refractivity contribution is 0.476. The molecule has 2 aromatic carbocycles. The third-order valence-electron chi connectivity index (χ3n) is 2.60. The maximum atomic E-state index is 13.0. The molecule has 0 atom stereocenters. The number of sulfone groups is 1. The molecule has 0 spiro atoms. The second-order valence-electron chi connectivity index (χ2n) is 3.98. The number of ether oxygens (including phenoxy) is 1. The van der Waals surface area contributed by atoms with Gasteiger partial charge in [-0.05, 0) is 36.4 Å². The number of hydrogen-bond donors (Lipinski definition) is 0. The van der Waals surface area contributed by atoms with Crippen molar-refractivity contribution in [1.29, 1.82) is 0 Å². The van der Waals surface area contributed by atoms with Crippen LogP contribution in [0, 0.1) is 11.9 Å². The fourth-order valence-electron chi connectivity index (χ4n) is 1.53. The van der Waals surface area contributed by atoms with Crippen LogP contribution < -0.4 is 4.74 Å². The summed E-state index contributed by atoms with van der Waals surface area (Å²) in [5.41, 5.74) is 0. The molecule has 0 aliphatic rings. The van der Waals surface area contributed by atoms with Gasteiger partial charge in [0, 0.05) is 6.07 Å². The van der Waals surface area contributed by atoms with Gasteiger partial charge >= 0.3 is 0 Å². The Morgan fingerprint density at radius 3 is 2.65 bits per heavy atom. The molecule has 3 nitrogen and oxygen atoms in total. The number of rotatable bonds is 4. The summed E-state index contributed by atoms with van der Waals surface area (Å²) in [7, 11) is -3.32. The molecule has 0 amide bonds. The van der Waals surface area contributed by atoms with Gasteiger partial charge in [-0.2, -0.15) is 0 Å². The van der Waals surface area contributed by atoms with Crippen LogP contribution in [0.15, 0.2) is 41.3 Å². The molecule has 2 aromatic rings. The van der Waals surface area contributed by atoms with Crippen molar-refractivity contribution in [2.45, 2.75) is 11.8 Å². The van der Waals surface area contributed by atoms with Gasteiger partial charge in [-0.3, -0.25) is 0 Å². The minimum atomic E-state index is -3.32. The van der Waals surface area contributed by atoms with Crippen molar-refractivity contribution in [1.82, 2.24) is 0 Å². The zero-order chi connectivity index (χ0) is 14.8. The Morgan fingerprint density at radius 2 is 2.05 bits per heavy atom. The molecule has 0 aliphatic carbocycles. The van der Waals surface area contributed by atoms with Crippen LogP contribution >= 0.6 is 11.6 Å². The second-order valence-corrected chi connectivity index (χ2v) is 6.67. The summed E-state index contributed by atoms with van der Waals surface area (Å²) < 4.78 is 41.8. The highest BCUT2D eigenvalue weighted by Crippen LogP contribution is 2.31. The molecule has 1 radical (unpaired) electrons. The van der Waals surface area contributed by atoms with Crippen molar-refractivity contribution in [3.63, 3.8) is 0 Å². The van der Waals surface area contributed by atoms with E-state index in [2.05, 4.69) is 6.07 Å². The predicted molar refractivity (Wildman–Crippen MR) is 74.5 cm³/mol. The molecule has 0 fully saturated rings. The number of benzene rings is 2. The highest BCUT2D eigenvalue weighted by Gasteiger charge is 2.14. The van der Waals surface area contributed by atoms with E-state index in [1.165, 1.54) is 36.4 Å². The molecule has 0 saturated carbocycles. The van der Waals surface area contributed by atoms with Gasteiger partial charge in [-0.25, -0.2) is 12.8 Å². The Morgan fingerprint density at radius 1 is 1.30 bits per heavy atom. The van der Waals surface area contributed by atoms with Gasteiger partial charge in [0.2, 0.25) is 0 Å². The average molecular weight is 314 g/mol. The van der Waals surface area contributed by atoms with Crippen molar-refractivity contribution < 1.29 is 17.5 Å². The zero-order valence-electron chi connectivity index (χ0n) is 10.6. The largest absolute Gasteiger partial charge is 0.456 e. The van der Waals surface area contributed by atoms with Crippen LogP contribution in [0.4, 0.5) is 4.39 Å². The first-order chi connectivity index (χ1) is 9.42. The van der Waals surface area contributed by atoms with Crippen molar-refractivity contribution in [2.75, 3.05) is 5.75 Å². The molecule has 0 N–H and O–H groups in total. The molecule has 0 aliphatic heterocycles. The first-order valence-corrected chi connectivity index (χ1v) is 7.82. The fourth-order valence-corrected chi connectivity index (χ4v) is 2.72. The molecular formula is C14H11ClFO3S. The van der Waals surface area contributed by atoms with Crippen LogP contribution in [0.2, 0.25) is 5.02 Å². The molecule has 2 rings (SSSR count). The van der Waals surface area contributed by atoms with Crippen LogP contribution in [0.3, 0.4) is 0 Å². The molecule has 0 heterocycles. The molecule has 0 unspecified atom stereocenters. The van der Waals surface area contributed by atoms with Gasteiger partial charge in [0.25, 0.3) is 0 Å². The Balaban J connectivity index is 2.31. The summed E-state index contributed by atoms with van der Waals surface area (Å²) in [6.45, 7) is 1.55. The first kappa shape index (κ1) is 14.8. The van der Waals surface area contributed by atoms with Gasteiger partial charge in [0.05, 0.1) is 15.7 Å².